The molecular weight excluding hydrogens is 571 g/mol. The molecule has 0 spiro atoms. The maximum Gasteiger partial charge on any atom is 0.0991 e. The Kier molecular flexibility index (Phi) is 5.20. The molecule has 0 aliphatic carbocycles. The molecule has 45 heavy (non-hydrogen) atoms. The zero-order valence-electron chi connectivity index (χ0n) is 23.6. The van der Waals surface area contributed by atoms with Crippen LogP contribution in [0.25, 0.3) is 75.2 Å². The van der Waals surface area contributed by atoms with Crippen LogP contribution in [0.2, 0.25) is 0 Å². The Hall–Kier alpha value is -6.39. The van der Waals surface area contributed by atoms with E-state index in [4.69, 9.17) is 0 Å². The Morgan fingerprint density at radius 3 is 1.71 bits per heavy atom. The van der Waals surface area contributed by atoms with Gasteiger partial charge in [0, 0.05) is 42.7 Å². The standard InChI is InChI=1S/C39H19N5S/c40-20-23-8-12-34-29(16-23)30-17-24(21-41)9-13-35(30)43(34)26-11-14-36-31(19-26)27-4-1-2-6-33(27)44(36)37-7-3-5-28-32-18-25(22-42)10-15-38(32)45-39(28)37/h1-19H. The fourth-order valence-corrected chi connectivity index (χ4v) is 8.02. The Morgan fingerprint density at radius 2 is 1.00 bits per heavy atom. The van der Waals surface area contributed by atoms with E-state index in [9.17, 15) is 15.8 Å². The molecule has 0 amide bonds. The van der Waals surface area contributed by atoms with Gasteiger partial charge in [0.1, 0.15) is 0 Å². The molecule has 0 aliphatic heterocycles. The molecule has 206 valence electrons. The van der Waals surface area contributed by atoms with Gasteiger partial charge in [0.15, 0.2) is 0 Å². The van der Waals surface area contributed by atoms with Crippen molar-refractivity contribution >= 4 is 75.1 Å². The molecule has 3 heterocycles. The van der Waals surface area contributed by atoms with Gasteiger partial charge in [-0.2, -0.15) is 15.8 Å². The Bertz CT molecular complexity index is 2790. The van der Waals surface area contributed by atoms with Crippen molar-refractivity contribution in [3.8, 4) is 29.6 Å². The normalized spacial score (nSPS) is 11.5. The number of thiophene rings is 1. The highest BCUT2D eigenvalue weighted by molar-refractivity contribution is 7.26. The summed E-state index contributed by atoms with van der Waals surface area (Å²) >= 11 is 1.75. The van der Waals surface area contributed by atoms with E-state index in [1.165, 1.54) is 4.70 Å². The summed E-state index contributed by atoms with van der Waals surface area (Å²) in [5, 5.41) is 35.2. The average Bonchev–Trinajstić information content (AvgIpc) is 3.74. The number of nitrogens with zero attached hydrogens (tertiary/aromatic N) is 5. The summed E-state index contributed by atoms with van der Waals surface area (Å²) in [6.07, 6.45) is 0. The first-order chi connectivity index (χ1) is 22.2. The third-order valence-corrected chi connectivity index (χ3v) is 9.99. The van der Waals surface area contributed by atoms with Gasteiger partial charge in [-0.05, 0) is 84.9 Å². The van der Waals surface area contributed by atoms with Crippen LogP contribution in [0, 0.1) is 34.0 Å². The van der Waals surface area contributed by atoms with Crippen molar-refractivity contribution < 1.29 is 0 Å². The maximum atomic E-state index is 9.62. The maximum absolute atomic E-state index is 9.62. The van der Waals surface area contributed by atoms with Crippen LogP contribution in [0.1, 0.15) is 16.7 Å². The first-order valence-electron chi connectivity index (χ1n) is 14.4. The lowest BCUT2D eigenvalue weighted by Gasteiger charge is -2.11. The van der Waals surface area contributed by atoms with E-state index < -0.39 is 0 Å². The van der Waals surface area contributed by atoms with Crippen molar-refractivity contribution in [3.05, 3.63) is 132 Å². The number of hydrogen-bond donors (Lipinski definition) is 0. The van der Waals surface area contributed by atoms with Gasteiger partial charge in [0.25, 0.3) is 0 Å². The molecule has 0 saturated carbocycles. The van der Waals surface area contributed by atoms with E-state index in [0.717, 1.165) is 70.5 Å². The average molecular weight is 590 g/mol. The largest absolute Gasteiger partial charge is 0.309 e. The summed E-state index contributed by atoms with van der Waals surface area (Å²) in [7, 11) is 0. The third-order valence-electron chi connectivity index (χ3n) is 8.78. The number of benzene rings is 6. The predicted molar refractivity (Wildman–Crippen MR) is 182 cm³/mol. The van der Waals surface area contributed by atoms with Crippen molar-refractivity contribution in [1.82, 2.24) is 9.13 Å². The first-order valence-corrected chi connectivity index (χ1v) is 15.3. The van der Waals surface area contributed by atoms with Crippen LogP contribution in [-0.4, -0.2) is 9.13 Å². The number of nitriles is 3. The van der Waals surface area contributed by atoms with E-state index in [0.29, 0.717) is 16.7 Å². The minimum atomic E-state index is 0.585. The Balaban J connectivity index is 1.34. The highest BCUT2D eigenvalue weighted by Gasteiger charge is 2.19. The van der Waals surface area contributed by atoms with Gasteiger partial charge < -0.3 is 9.13 Å². The van der Waals surface area contributed by atoms with Gasteiger partial charge in [-0.25, -0.2) is 0 Å². The topological polar surface area (TPSA) is 81.2 Å². The van der Waals surface area contributed by atoms with Gasteiger partial charge in [-0.1, -0.05) is 30.3 Å². The van der Waals surface area contributed by atoms with Gasteiger partial charge in [-0.3, -0.25) is 0 Å². The van der Waals surface area contributed by atoms with Crippen LogP contribution >= 0.6 is 11.3 Å². The van der Waals surface area contributed by atoms with E-state index in [1.54, 1.807) is 11.3 Å². The molecule has 0 saturated heterocycles. The summed E-state index contributed by atoms with van der Waals surface area (Å²) in [5.74, 6) is 0. The minimum Gasteiger partial charge on any atom is -0.309 e. The molecule has 6 aromatic carbocycles. The summed E-state index contributed by atoms with van der Waals surface area (Å²) < 4.78 is 6.91. The Labute approximate surface area is 260 Å². The monoisotopic (exact) mass is 589 g/mol. The molecule has 9 aromatic rings. The zero-order valence-corrected chi connectivity index (χ0v) is 24.4. The highest BCUT2D eigenvalue weighted by atomic mass is 32.1. The molecule has 0 bridgehead atoms. The summed E-state index contributed by atoms with van der Waals surface area (Å²) in [6, 6.07) is 45.7. The van der Waals surface area contributed by atoms with Gasteiger partial charge in [-0.15, -0.1) is 11.3 Å². The van der Waals surface area contributed by atoms with Crippen LogP contribution in [0.3, 0.4) is 0 Å². The summed E-state index contributed by atoms with van der Waals surface area (Å²) in [6.45, 7) is 0. The fraction of sp³-hybridized carbons (Fsp3) is 0. The van der Waals surface area contributed by atoms with Crippen molar-refractivity contribution in [2.45, 2.75) is 0 Å². The summed E-state index contributed by atoms with van der Waals surface area (Å²) in [4.78, 5) is 0. The summed E-state index contributed by atoms with van der Waals surface area (Å²) in [5.41, 5.74) is 8.12. The van der Waals surface area contributed by atoms with Crippen molar-refractivity contribution in [2.24, 2.45) is 0 Å². The fourth-order valence-electron chi connectivity index (χ4n) is 6.83. The molecule has 6 heteroatoms. The van der Waals surface area contributed by atoms with E-state index in [2.05, 4.69) is 88.0 Å². The van der Waals surface area contributed by atoms with Gasteiger partial charge in [0.05, 0.1) is 67.4 Å². The lowest BCUT2D eigenvalue weighted by molar-refractivity contribution is 1.17. The zero-order chi connectivity index (χ0) is 30.2. The predicted octanol–water partition coefficient (Wildman–Crippen LogP) is 9.86. The molecule has 0 fully saturated rings. The Morgan fingerprint density at radius 1 is 0.444 bits per heavy atom. The van der Waals surface area contributed by atoms with Crippen LogP contribution in [0.15, 0.2) is 115 Å². The molecule has 0 unspecified atom stereocenters. The molecule has 0 N–H and O–H groups in total. The first kappa shape index (κ1) is 25.1. The third kappa shape index (κ3) is 3.51. The van der Waals surface area contributed by atoms with Crippen molar-refractivity contribution in [1.29, 1.82) is 15.8 Å². The van der Waals surface area contributed by atoms with Crippen LogP contribution in [0.4, 0.5) is 0 Å². The molecule has 0 radical (unpaired) electrons. The minimum absolute atomic E-state index is 0.585. The van der Waals surface area contributed by atoms with Gasteiger partial charge >= 0.3 is 0 Å². The molecule has 0 aliphatic rings. The molecule has 3 aromatic heterocycles. The number of rotatable bonds is 2. The second-order valence-electron chi connectivity index (χ2n) is 11.2. The van der Waals surface area contributed by atoms with E-state index in [-0.39, 0.29) is 0 Å². The molecular formula is C39H19N5S. The van der Waals surface area contributed by atoms with Crippen LogP contribution < -0.4 is 0 Å². The SMILES string of the molecule is N#Cc1ccc2sc3c(-n4c5ccccc5c5cc(-n6c7ccc(C#N)cc7c7cc(C#N)ccc76)ccc54)cccc3c2c1. The number of aromatic nitrogens is 2. The van der Waals surface area contributed by atoms with Crippen LogP contribution in [0.5, 0.6) is 0 Å². The van der Waals surface area contributed by atoms with Crippen molar-refractivity contribution in [2.75, 3.05) is 0 Å². The lowest BCUT2D eigenvalue weighted by Crippen LogP contribution is -1.96. The highest BCUT2D eigenvalue weighted by Crippen LogP contribution is 2.42. The molecule has 5 nitrogen and oxygen atoms in total. The van der Waals surface area contributed by atoms with E-state index >= 15 is 0 Å². The second-order valence-corrected chi connectivity index (χ2v) is 12.2. The van der Waals surface area contributed by atoms with Crippen LogP contribution in [-0.2, 0) is 0 Å². The van der Waals surface area contributed by atoms with E-state index in [1.807, 2.05) is 54.6 Å². The number of hydrogen-bond acceptors (Lipinski definition) is 4. The molecule has 9 rings (SSSR count). The van der Waals surface area contributed by atoms with Gasteiger partial charge in [0.2, 0.25) is 0 Å². The smallest absolute Gasteiger partial charge is 0.0991 e. The molecule has 0 atom stereocenters. The number of fused-ring (bicyclic) bond motifs is 9. The van der Waals surface area contributed by atoms with Crippen molar-refractivity contribution in [3.63, 3.8) is 0 Å². The lowest BCUT2D eigenvalue weighted by atomic mass is 10.1. The number of para-hydroxylation sites is 1. The quantitative estimate of drug-likeness (QED) is 0.201. The second kappa shape index (κ2) is 9.30.